The van der Waals surface area contributed by atoms with Gasteiger partial charge in [0.1, 0.15) is 0 Å². The second-order valence-electron chi connectivity index (χ2n) is 6.21. The summed E-state index contributed by atoms with van der Waals surface area (Å²) in [5.41, 5.74) is 7.09. The number of nitrogens with one attached hydrogen (secondary N) is 2. The van der Waals surface area contributed by atoms with Crippen molar-refractivity contribution in [2.45, 2.75) is 39.7 Å². The number of rotatable bonds is 8. The monoisotopic (exact) mass is 293 g/mol. The molecule has 5 N–H and O–H groups in total. The number of primary amides is 1. The van der Waals surface area contributed by atoms with Gasteiger partial charge in [-0.1, -0.05) is 26.0 Å². The Labute approximate surface area is 126 Å². The molecule has 0 radical (unpaired) electrons. The van der Waals surface area contributed by atoms with Crippen LogP contribution in [0.5, 0.6) is 0 Å². The Morgan fingerprint density at radius 3 is 2.48 bits per heavy atom. The summed E-state index contributed by atoms with van der Waals surface area (Å²) in [6, 6.07) is 7.30. The van der Waals surface area contributed by atoms with E-state index in [9.17, 15) is 4.79 Å². The molecule has 0 bridgehead atoms. The van der Waals surface area contributed by atoms with Gasteiger partial charge in [0.25, 0.3) is 0 Å². The molecule has 0 aromatic heterocycles. The van der Waals surface area contributed by atoms with Crippen LogP contribution < -0.4 is 16.4 Å². The van der Waals surface area contributed by atoms with E-state index >= 15 is 0 Å². The number of amides is 2. The van der Waals surface area contributed by atoms with Gasteiger partial charge in [-0.05, 0) is 42.9 Å². The Balaban J connectivity index is 2.51. The van der Waals surface area contributed by atoms with Crippen molar-refractivity contribution in [2.75, 3.05) is 18.5 Å². The SMILES string of the molecule is CC(NCC(C)(C)CCCO)c1ccc(NC(N)=O)cc1. The van der Waals surface area contributed by atoms with Crippen molar-refractivity contribution >= 4 is 11.7 Å². The zero-order valence-corrected chi connectivity index (χ0v) is 13.1. The molecule has 1 aromatic carbocycles. The second kappa shape index (κ2) is 8.00. The third kappa shape index (κ3) is 6.60. The van der Waals surface area contributed by atoms with E-state index < -0.39 is 6.03 Å². The number of carbonyl (C=O) groups excluding carboxylic acids is 1. The minimum absolute atomic E-state index is 0.157. The lowest BCUT2D eigenvalue weighted by Crippen LogP contribution is -2.31. The first kappa shape index (κ1) is 17.5. The van der Waals surface area contributed by atoms with Crippen molar-refractivity contribution in [3.8, 4) is 0 Å². The summed E-state index contributed by atoms with van der Waals surface area (Å²) < 4.78 is 0. The fraction of sp³-hybridized carbons (Fsp3) is 0.562. The van der Waals surface area contributed by atoms with Crippen molar-refractivity contribution in [1.29, 1.82) is 0 Å². The van der Waals surface area contributed by atoms with Gasteiger partial charge in [0.2, 0.25) is 0 Å². The van der Waals surface area contributed by atoms with Gasteiger partial charge in [0.15, 0.2) is 0 Å². The highest BCUT2D eigenvalue weighted by Gasteiger charge is 2.18. The van der Waals surface area contributed by atoms with Crippen LogP contribution in [0.1, 0.15) is 45.2 Å². The number of carbonyl (C=O) groups is 1. The highest BCUT2D eigenvalue weighted by Crippen LogP contribution is 2.23. The Morgan fingerprint density at radius 2 is 1.95 bits per heavy atom. The Bertz CT molecular complexity index is 443. The summed E-state index contributed by atoms with van der Waals surface area (Å²) >= 11 is 0. The van der Waals surface area contributed by atoms with Gasteiger partial charge in [-0.15, -0.1) is 0 Å². The van der Waals surface area contributed by atoms with Gasteiger partial charge in [-0.3, -0.25) is 0 Å². The minimum atomic E-state index is -0.556. The predicted octanol–water partition coefficient (Wildman–Crippen LogP) is 2.63. The number of aliphatic hydroxyl groups is 1. The number of hydrogen-bond acceptors (Lipinski definition) is 3. The van der Waals surface area contributed by atoms with E-state index in [1.807, 2.05) is 24.3 Å². The lowest BCUT2D eigenvalue weighted by Gasteiger charge is -2.27. The molecule has 1 unspecified atom stereocenters. The molecule has 0 fully saturated rings. The second-order valence-corrected chi connectivity index (χ2v) is 6.21. The molecule has 5 nitrogen and oxygen atoms in total. The number of aliphatic hydroxyl groups excluding tert-OH is 1. The molecule has 21 heavy (non-hydrogen) atoms. The molecule has 0 aliphatic carbocycles. The minimum Gasteiger partial charge on any atom is -0.396 e. The van der Waals surface area contributed by atoms with Gasteiger partial charge < -0.3 is 21.5 Å². The highest BCUT2D eigenvalue weighted by atomic mass is 16.2. The molecule has 1 aromatic rings. The molecule has 5 heteroatoms. The largest absolute Gasteiger partial charge is 0.396 e. The summed E-state index contributed by atoms with van der Waals surface area (Å²) in [4.78, 5) is 10.8. The van der Waals surface area contributed by atoms with Gasteiger partial charge >= 0.3 is 6.03 Å². The van der Waals surface area contributed by atoms with E-state index in [1.165, 1.54) is 0 Å². The summed E-state index contributed by atoms with van der Waals surface area (Å²) in [6.45, 7) is 7.63. The molecule has 1 atom stereocenters. The number of hydrogen-bond donors (Lipinski definition) is 4. The molecule has 0 saturated carbocycles. The van der Waals surface area contributed by atoms with E-state index in [-0.39, 0.29) is 18.1 Å². The fourth-order valence-electron chi connectivity index (χ4n) is 2.19. The third-order valence-corrected chi connectivity index (χ3v) is 3.58. The summed E-state index contributed by atoms with van der Waals surface area (Å²) in [5, 5.41) is 15.0. The smallest absolute Gasteiger partial charge is 0.316 e. The Hall–Kier alpha value is -1.59. The quantitative estimate of drug-likeness (QED) is 0.594. The summed E-state index contributed by atoms with van der Waals surface area (Å²) in [6.07, 6.45) is 1.82. The molecule has 0 heterocycles. The standard InChI is InChI=1S/C16H27N3O2/c1-12(18-11-16(2,3)9-4-10-20)13-5-7-14(8-6-13)19-15(17)21/h5-8,12,18,20H,4,9-11H2,1-3H3,(H3,17,19,21). The molecule has 0 aliphatic heterocycles. The van der Waals surface area contributed by atoms with Gasteiger partial charge in [0.05, 0.1) is 0 Å². The van der Waals surface area contributed by atoms with Gasteiger partial charge in [0, 0.05) is 24.9 Å². The van der Waals surface area contributed by atoms with Crippen LogP contribution in [0, 0.1) is 5.41 Å². The van der Waals surface area contributed by atoms with E-state index in [1.54, 1.807) is 0 Å². The fourth-order valence-corrected chi connectivity index (χ4v) is 2.19. The number of anilines is 1. The van der Waals surface area contributed by atoms with Crippen LogP contribution in [0.4, 0.5) is 10.5 Å². The van der Waals surface area contributed by atoms with E-state index in [0.29, 0.717) is 5.69 Å². The molecule has 0 spiro atoms. The van der Waals surface area contributed by atoms with Crippen molar-refractivity contribution in [2.24, 2.45) is 11.1 Å². The first-order valence-corrected chi connectivity index (χ1v) is 7.35. The zero-order chi connectivity index (χ0) is 15.9. The van der Waals surface area contributed by atoms with Crippen molar-refractivity contribution in [3.63, 3.8) is 0 Å². The van der Waals surface area contributed by atoms with Crippen molar-refractivity contribution in [1.82, 2.24) is 5.32 Å². The molecule has 0 aliphatic rings. The normalized spacial score (nSPS) is 13.0. The molecule has 0 saturated heterocycles. The predicted molar refractivity (Wildman–Crippen MR) is 86.2 cm³/mol. The maximum Gasteiger partial charge on any atom is 0.316 e. The maximum absolute atomic E-state index is 10.8. The lowest BCUT2D eigenvalue weighted by atomic mass is 9.87. The third-order valence-electron chi connectivity index (χ3n) is 3.58. The van der Waals surface area contributed by atoms with Crippen LogP contribution >= 0.6 is 0 Å². The van der Waals surface area contributed by atoms with Crippen LogP contribution in [-0.2, 0) is 0 Å². The Kier molecular flexibility index (Phi) is 6.65. The number of urea groups is 1. The molecular formula is C16H27N3O2. The first-order chi connectivity index (χ1) is 9.84. The Morgan fingerprint density at radius 1 is 1.33 bits per heavy atom. The van der Waals surface area contributed by atoms with E-state index in [0.717, 1.165) is 24.9 Å². The van der Waals surface area contributed by atoms with E-state index in [4.69, 9.17) is 10.8 Å². The summed E-state index contributed by atoms with van der Waals surface area (Å²) in [7, 11) is 0. The lowest BCUT2D eigenvalue weighted by molar-refractivity contribution is 0.233. The molecule has 2 amide bonds. The van der Waals surface area contributed by atoms with Gasteiger partial charge in [-0.2, -0.15) is 0 Å². The molecule has 1 rings (SSSR count). The van der Waals surface area contributed by atoms with Gasteiger partial charge in [-0.25, -0.2) is 4.79 Å². The number of nitrogens with two attached hydrogens (primary N) is 1. The van der Waals surface area contributed by atoms with Crippen LogP contribution in [0.15, 0.2) is 24.3 Å². The topological polar surface area (TPSA) is 87.4 Å². The van der Waals surface area contributed by atoms with Crippen LogP contribution in [0.3, 0.4) is 0 Å². The van der Waals surface area contributed by atoms with Crippen LogP contribution in [-0.4, -0.2) is 24.3 Å². The van der Waals surface area contributed by atoms with Crippen LogP contribution in [0.25, 0.3) is 0 Å². The van der Waals surface area contributed by atoms with E-state index in [2.05, 4.69) is 31.4 Å². The average molecular weight is 293 g/mol. The number of benzene rings is 1. The molecular weight excluding hydrogens is 266 g/mol. The zero-order valence-electron chi connectivity index (χ0n) is 13.1. The highest BCUT2D eigenvalue weighted by molar-refractivity contribution is 5.87. The average Bonchev–Trinajstić information content (AvgIpc) is 2.43. The van der Waals surface area contributed by atoms with Crippen molar-refractivity contribution in [3.05, 3.63) is 29.8 Å². The summed E-state index contributed by atoms with van der Waals surface area (Å²) in [5.74, 6) is 0. The first-order valence-electron chi connectivity index (χ1n) is 7.35. The maximum atomic E-state index is 10.8. The van der Waals surface area contributed by atoms with Crippen molar-refractivity contribution < 1.29 is 9.90 Å². The van der Waals surface area contributed by atoms with Crippen LogP contribution in [0.2, 0.25) is 0 Å². The molecule has 118 valence electrons.